The molecule has 24 heavy (non-hydrogen) atoms. The van der Waals surface area contributed by atoms with Gasteiger partial charge in [-0.2, -0.15) is 9.40 Å². The van der Waals surface area contributed by atoms with Crippen LogP contribution in [-0.4, -0.2) is 34.6 Å². The van der Waals surface area contributed by atoms with Crippen LogP contribution < -0.4 is 0 Å². The average Bonchev–Trinajstić information content (AvgIpc) is 3.17. The van der Waals surface area contributed by atoms with Crippen LogP contribution in [0.2, 0.25) is 0 Å². The predicted molar refractivity (Wildman–Crippen MR) is 95.5 cm³/mol. The molecule has 1 aromatic heterocycles. The van der Waals surface area contributed by atoms with Crippen LogP contribution in [0.15, 0.2) is 11.1 Å². The minimum Gasteiger partial charge on any atom is -0.268 e. The van der Waals surface area contributed by atoms with E-state index in [1.807, 2.05) is 25.5 Å². The molecule has 0 saturated heterocycles. The second-order valence-electron chi connectivity index (χ2n) is 7.72. The van der Waals surface area contributed by atoms with Gasteiger partial charge in [0.1, 0.15) is 4.90 Å². The molecule has 0 bridgehead atoms. The largest absolute Gasteiger partial charge is 0.268 e. The molecule has 0 atom stereocenters. The van der Waals surface area contributed by atoms with E-state index in [1.165, 1.54) is 19.3 Å². The van der Waals surface area contributed by atoms with E-state index >= 15 is 0 Å². The molecule has 5 nitrogen and oxygen atoms in total. The molecule has 0 unspecified atom stereocenters. The maximum absolute atomic E-state index is 13.4. The number of sulfonamides is 1. The van der Waals surface area contributed by atoms with E-state index in [-0.39, 0.29) is 12.1 Å². The molecule has 0 aliphatic heterocycles. The highest BCUT2D eigenvalue weighted by molar-refractivity contribution is 7.89. The van der Waals surface area contributed by atoms with Crippen molar-refractivity contribution in [3.63, 3.8) is 0 Å². The summed E-state index contributed by atoms with van der Waals surface area (Å²) in [5.41, 5.74) is 0.642. The Morgan fingerprint density at radius 2 is 1.67 bits per heavy atom. The van der Waals surface area contributed by atoms with Crippen LogP contribution in [0.4, 0.5) is 0 Å². The third-order valence-electron chi connectivity index (χ3n) is 5.57. The second kappa shape index (κ2) is 7.16. The van der Waals surface area contributed by atoms with Crippen LogP contribution in [0.5, 0.6) is 0 Å². The van der Waals surface area contributed by atoms with Crippen molar-refractivity contribution in [3.05, 3.63) is 11.9 Å². The molecule has 0 aromatic carbocycles. The van der Waals surface area contributed by atoms with Crippen LogP contribution in [0, 0.1) is 6.92 Å². The first-order valence-corrected chi connectivity index (χ1v) is 10.9. The Bertz CT molecular complexity index is 654. The molecule has 3 rings (SSSR count). The van der Waals surface area contributed by atoms with Crippen LogP contribution in [-0.2, 0) is 10.0 Å². The zero-order valence-electron chi connectivity index (χ0n) is 15.2. The Labute approximate surface area is 146 Å². The third kappa shape index (κ3) is 3.40. The fraction of sp³-hybridized carbons (Fsp3) is 0.833. The Kier molecular flexibility index (Phi) is 5.35. The lowest BCUT2D eigenvalue weighted by atomic mass is 9.95. The summed E-state index contributed by atoms with van der Waals surface area (Å²) >= 11 is 0. The Morgan fingerprint density at radius 3 is 2.25 bits per heavy atom. The van der Waals surface area contributed by atoms with Crippen LogP contribution in [0.3, 0.4) is 0 Å². The number of hydrogen-bond donors (Lipinski definition) is 0. The summed E-state index contributed by atoms with van der Waals surface area (Å²) in [5, 5.41) is 4.56. The van der Waals surface area contributed by atoms with Crippen molar-refractivity contribution < 1.29 is 8.42 Å². The molecule has 0 spiro atoms. The van der Waals surface area contributed by atoms with Crippen molar-refractivity contribution in [2.75, 3.05) is 0 Å². The monoisotopic (exact) mass is 353 g/mol. The van der Waals surface area contributed by atoms with Gasteiger partial charge in [0.05, 0.1) is 11.7 Å². The molecule has 0 amide bonds. The quantitative estimate of drug-likeness (QED) is 0.803. The van der Waals surface area contributed by atoms with Crippen molar-refractivity contribution in [1.82, 2.24) is 14.1 Å². The highest BCUT2D eigenvalue weighted by Gasteiger charge is 2.36. The van der Waals surface area contributed by atoms with Crippen molar-refractivity contribution in [2.45, 2.75) is 102 Å². The van der Waals surface area contributed by atoms with Gasteiger partial charge in [-0.05, 0) is 46.5 Å². The van der Waals surface area contributed by atoms with Crippen molar-refractivity contribution in [2.24, 2.45) is 0 Å². The Morgan fingerprint density at radius 1 is 1.08 bits per heavy atom. The van der Waals surface area contributed by atoms with Gasteiger partial charge in [0, 0.05) is 18.3 Å². The summed E-state index contributed by atoms with van der Waals surface area (Å²) in [4.78, 5) is 0.411. The summed E-state index contributed by atoms with van der Waals surface area (Å²) in [6.45, 7) is 5.81. The van der Waals surface area contributed by atoms with Gasteiger partial charge in [-0.1, -0.05) is 32.1 Å². The number of nitrogens with zero attached hydrogens (tertiary/aromatic N) is 3. The van der Waals surface area contributed by atoms with Gasteiger partial charge in [-0.3, -0.25) is 4.68 Å². The van der Waals surface area contributed by atoms with Gasteiger partial charge < -0.3 is 0 Å². The molecule has 1 aromatic rings. The normalized spacial score (nSPS) is 21.2. The zero-order valence-corrected chi connectivity index (χ0v) is 16.1. The van der Waals surface area contributed by atoms with Gasteiger partial charge in [-0.25, -0.2) is 8.42 Å². The highest BCUT2D eigenvalue weighted by Crippen LogP contribution is 2.33. The van der Waals surface area contributed by atoms with E-state index in [4.69, 9.17) is 0 Å². The predicted octanol–water partition coefficient (Wildman–Crippen LogP) is 4.04. The van der Waals surface area contributed by atoms with Crippen LogP contribution >= 0.6 is 0 Å². The standard InChI is InChI=1S/C18H31N3O2S/c1-14(2)21(17-11-5-4-6-12-17)24(22,23)18-13-20(19-15(18)3)16-9-7-8-10-16/h13-14,16-17H,4-12H2,1-3H3. The third-order valence-corrected chi connectivity index (χ3v) is 7.80. The summed E-state index contributed by atoms with van der Waals surface area (Å²) in [6, 6.07) is 0.486. The topological polar surface area (TPSA) is 55.2 Å². The van der Waals surface area contributed by atoms with Gasteiger partial charge >= 0.3 is 0 Å². The van der Waals surface area contributed by atoms with E-state index in [0.717, 1.165) is 38.5 Å². The lowest BCUT2D eigenvalue weighted by Crippen LogP contribution is -2.45. The van der Waals surface area contributed by atoms with Crippen molar-refractivity contribution >= 4 is 10.0 Å². The highest BCUT2D eigenvalue weighted by atomic mass is 32.2. The van der Waals surface area contributed by atoms with Gasteiger partial charge in [-0.15, -0.1) is 0 Å². The summed E-state index contributed by atoms with van der Waals surface area (Å²) in [6.07, 6.45) is 11.9. The molecule has 0 N–H and O–H groups in total. The molecule has 1 heterocycles. The van der Waals surface area contributed by atoms with Crippen molar-refractivity contribution in [3.8, 4) is 0 Å². The molecular formula is C18H31N3O2S. The zero-order chi connectivity index (χ0) is 17.3. The smallest absolute Gasteiger partial charge is 0.246 e. The SMILES string of the molecule is Cc1nn(C2CCCC2)cc1S(=O)(=O)N(C(C)C)C1CCCCC1. The summed E-state index contributed by atoms with van der Waals surface area (Å²) in [7, 11) is -3.49. The van der Waals surface area contributed by atoms with Crippen LogP contribution in [0.1, 0.15) is 83.4 Å². The average molecular weight is 354 g/mol. The Balaban J connectivity index is 1.92. The molecule has 2 aliphatic carbocycles. The first-order chi connectivity index (χ1) is 11.4. The van der Waals surface area contributed by atoms with E-state index in [1.54, 1.807) is 10.5 Å². The number of hydrogen-bond acceptors (Lipinski definition) is 3. The number of rotatable bonds is 5. The molecule has 136 valence electrons. The lowest BCUT2D eigenvalue weighted by molar-refractivity contribution is 0.220. The van der Waals surface area contributed by atoms with Crippen LogP contribution in [0.25, 0.3) is 0 Å². The van der Waals surface area contributed by atoms with E-state index in [2.05, 4.69) is 5.10 Å². The molecular weight excluding hydrogens is 322 g/mol. The molecule has 2 fully saturated rings. The minimum absolute atomic E-state index is 0.0210. The number of aromatic nitrogens is 2. The summed E-state index contributed by atoms with van der Waals surface area (Å²) in [5.74, 6) is 0. The maximum atomic E-state index is 13.4. The van der Waals surface area contributed by atoms with Gasteiger partial charge in [0.2, 0.25) is 10.0 Å². The molecule has 2 saturated carbocycles. The number of aryl methyl sites for hydroxylation is 1. The summed E-state index contributed by atoms with van der Waals surface area (Å²) < 4.78 is 30.5. The molecule has 2 aliphatic rings. The minimum atomic E-state index is -3.49. The lowest BCUT2D eigenvalue weighted by Gasteiger charge is -2.36. The van der Waals surface area contributed by atoms with E-state index in [0.29, 0.717) is 16.6 Å². The molecule has 0 radical (unpaired) electrons. The Hall–Kier alpha value is -0.880. The first-order valence-electron chi connectivity index (χ1n) is 9.50. The fourth-order valence-corrected chi connectivity index (χ4v) is 6.46. The first kappa shape index (κ1) is 17.9. The fourth-order valence-electron chi connectivity index (χ4n) is 4.42. The van der Waals surface area contributed by atoms with Gasteiger partial charge in [0.25, 0.3) is 0 Å². The van der Waals surface area contributed by atoms with Gasteiger partial charge in [0.15, 0.2) is 0 Å². The van der Waals surface area contributed by atoms with E-state index < -0.39 is 10.0 Å². The molecule has 6 heteroatoms. The maximum Gasteiger partial charge on any atom is 0.246 e. The van der Waals surface area contributed by atoms with Crippen molar-refractivity contribution in [1.29, 1.82) is 0 Å². The van der Waals surface area contributed by atoms with E-state index in [9.17, 15) is 8.42 Å². The second-order valence-corrected chi connectivity index (χ2v) is 9.53.